The van der Waals surface area contributed by atoms with E-state index in [0.717, 1.165) is 54.2 Å². The summed E-state index contributed by atoms with van der Waals surface area (Å²) in [4.78, 5) is 11.6. The Kier molecular flexibility index (Phi) is 4.32. The van der Waals surface area contributed by atoms with E-state index < -0.39 is 0 Å². The van der Waals surface area contributed by atoms with Crippen LogP contribution in [0.4, 0.5) is 5.69 Å². The average molecular weight is 329 g/mol. The fourth-order valence-electron chi connectivity index (χ4n) is 3.10. The second kappa shape index (κ2) is 6.92. The molecule has 0 bridgehead atoms. The standard InChI is InChI=1S/C21H19N3O/c1-2-4-19-18-5-3-10-22-21(18)15-20(23-19)16-6-8-17(9-7-16)24-11-13-25-14-12-24/h3,5-10,15H,11-14H2,1H3. The third-order valence-corrected chi connectivity index (χ3v) is 4.38. The van der Waals surface area contributed by atoms with Gasteiger partial charge < -0.3 is 9.64 Å². The zero-order chi connectivity index (χ0) is 17.1. The minimum atomic E-state index is 0.778. The van der Waals surface area contributed by atoms with E-state index in [0.29, 0.717) is 0 Å². The van der Waals surface area contributed by atoms with Gasteiger partial charge in [-0.2, -0.15) is 0 Å². The maximum Gasteiger partial charge on any atom is 0.123 e. The van der Waals surface area contributed by atoms with Gasteiger partial charge in [-0.3, -0.25) is 4.98 Å². The highest BCUT2D eigenvalue weighted by Crippen LogP contribution is 2.26. The number of aromatic nitrogens is 2. The summed E-state index contributed by atoms with van der Waals surface area (Å²) in [6.07, 6.45) is 1.80. The molecule has 1 aromatic carbocycles. The van der Waals surface area contributed by atoms with Crippen LogP contribution in [0.5, 0.6) is 0 Å². The Morgan fingerprint density at radius 3 is 2.64 bits per heavy atom. The van der Waals surface area contributed by atoms with Crippen LogP contribution < -0.4 is 4.90 Å². The lowest BCUT2D eigenvalue weighted by atomic mass is 10.1. The number of nitrogens with zero attached hydrogens (tertiary/aromatic N) is 3. The maximum atomic E-state index is 5.42. The van der Waals surface area contributed by atoms with Crippen LogP contribution in [0.25, 0.3) is 22.2 Å². The predicted octanol–water partition coefficient (Wildman–Crippen LogP) is 3.50. The molecule has 25 heavy (non-hydrogen) atoms. The molecule has 0 spiro atoms. The minimum Gasteiger partial charge on any atom is -0.378 e. The lowest BCUT2D eigenvalue weighted by Gasteiger charge is -2.28. The van der Waals surface area contributed by atoms with Gasteiger partial charge in [0.05, 0.1) is 24.4 Å². The number of fused-ring (bicyclic) bond motifs is 1. The number of ether oxygens (including phenoxy) is 1. The van der Waals surface area contributed by atoms with Crippen molar-refractivity contribution >= 4 is 16.6 Å². The Bertz CT molecular complexity index is 948. The molecule has 0 amide bonds. The molecule has 1 aliphatic heterocycles. The van der Waals surface area contributed by atoms with E-state index in [2.05, 4.69) is 46.0 Å². The normalized spacial score (nSPS) is 14.2. The first-order valence-corrected chi connectivity index (χ1v) is 8.47. The summed E-state index contributed by atoms with van der Waals surface area (Å²) in [5, 5.41) is 0.991. The molecule has 124 valence electrons. The SMILES string of the molecule is CC#Cc1nc(-c2ccc(N3CCOCC3)cc2)cc2ncccc12. The molecule has 1 fully saturated rings. The molecule has 4 nitrogen and oxygen atoms in total. The highest BCUT2D eigenvalue weighted by molar-refractivity contribution is 5.86. The summed E-state index contributed by atoms with van der Waals surface area (Å²) in [5.41, 5.74) is 4.89. The van der Waals surface area contributed by atoms with E-state index in [9.17, 15) is 0 Å². The summed E-state index contributed by atoms with van der Waals surface area (Å²) < 4.78 is 5.42. The Labute approximate surface area is 147 Å². The topological polar surface area (TPSA) is 38.2 Å². The second-order valence-corrected chi connectivity index (χ2v) is 5.95. The zero-order valence-corrected chi connectivity index (χ0v) is 14.2. The van der Waals surface area contributed by atoms with E-state index in [1.165, 1.54) is 5.69 Å². The lowest BCUT2D eigenvalue weighted by Crippen LogP contribution is -2.36. The summed E-state index contributed by atoms with van der Waals surface area (Å²) in [6, 6.07) is 14.5. The molecule has 0 aliphatic carbocycles. The predicted molar refractivity (Wildman–Crippen MR) is 101 cm³/mol. The van der Waals surface area contributed by atoms with Gasteiger partial charge in [-0.15, -0.1) is 0 Å². The molecule has 1 aliphatic rings. The van der Waals surface area contributed by atoms with Crippen molar-refractivity contribution < 1.29 is 4.74 Å². The molecular weight excluding hydrogens is 310 g/mol. The van der Waals surface area contributed by atoms with Gasteiger partial charge >= 0.3 is 0 Å². The van der Waals surface area contributed by atoms with Crippen molar-refractivity contribution in [1.82, 2.24) is 9.97 Å². The molecule has 3 aromatic rings. The van der Waals surface area contributed by atoms with Crippen molar-refractivity contribution in [2.75, 3.05) is 31.2 Å². The Morgan fingerprint density at radius 1 is 1.08 bits per heavy atom. The van der Waals surface area contributed by atoms with Gasteiger partial charge in [-0.1, -0.05) is 18.1 Å². The Balaban J connectivity index is 1.72. The third-order valence-electron chi connectivity index (χ3n) is 4.38. The van der Waals surface area contributed by atoms with Gasteiger partial charge in [-0.05, 0) is 43.2 Å². The molecule has 4 rings (SSSR count). The number of hydrogen-bond acceptors (Lipinski definition) is 4. The first kappa shape index (κ1) is 15.6. The van der Waals surface area contributed by atoms with Crippen molar-refractivity contribution in [3.63, 3.8) is 0 Å². The van der Waals surface area contributed by atoms with Crippen LogP contribution in [0.2, 0.25) is 0 Å². The first-order valence-electron chi connectivity index (χ1n) is 8.47. The largest absolute Gasteiger partial charge is 0.378 e. The van der Waals surface area contributed by atoms with Gasteiger partial charge in [0.15, 0.2) is 0 Å². The molecule has 0 N–H and O–H groups in total. The molecule has 0 atom stereocenters. The van der Waals surface area contributed by atoms with Crippen molar-refractivity contribution in [1.29, 1.82) is 0 Å². The lowest BCUT2D eigenvalue weighted by molar-refractivity contribution is 0.122. The van der Waals surface area contributed by atoms with Gasteiger partial charge in [0.25, 0.3) is 0 Å². The quantitative estimate of drug-likeness (QED) is 0.675. The van der Waals surface area contributed by atoms with Crippen LogP contribution in [0.15, 0.2) is 48.7 Å². The van der Waals surface area contributed by atoms with Gasteiger partial charge in [0, 0.05) is 35.9 Å². The molecule has 3 heterocycles. The van der Waals surface area contributed by atoms with Crippen LogP contribution in [0.1, 0.15) is 12.6 Å². The number of pyridine rings is 2. The summed E-state index contributed by atoms with van der Waals surface area (Å²) in [5.74, 6) is 6.05. The Hall–Kier alpha value is -2.90. The van der Waals surface area contributed by atoms with E-state index >= 15 is 0 Å². The van der Waals surface area contributed by atoms with Crippen LogP contribution in [0, 0.1) is 11.8 Å². The van der Waals surface area contributed by atoms with E-state index in [4.69, 9.17) is 9.72 Å². The van der Waals surface area contributed by atoms with Crippen LogP contribution in [-0.2, 0) is 4.74 Å². The molecule has 4 heteroatoms. The average Bonchev–Trinajstić information content (AvgIpc) is 2.69. The number of hydrogen-bond donors (Lipinski definition) is 0. The summed E-state index contributed by atoms with van der Waals surface area (Å²) in [7, 11) is 0. The first-order chi connectivity index (χ1) is 12.3. The van der Waals surface area contributed by atoms with Gasteiger partial charge in [0.2, 0.25) is 0 Å². The van der Waals surface area contributed by atoms with Crippen LogP contribution in [0.3, 0.4) is 0 Å². The highest BCUT2D eigenvalue weighted by atomic mass is 16.5. The minimum absolute atomic E-state index is 0.778. The number of anilines is 1. The van der Waals surface area contributed by atoms with Gasteiger partial charge in [-0.25, -0.2) is 4.98 Å². The molecular formula is C21H19N3O. The summed E-state index contributed by atoms with van der Waals surface area (Å²) in [6.45, 7) is 5.28. The van der Waals surface area contributed by atoms with Crippen molar-refractivity contribution in [3.8, 4) is 23.1 Å². The molecule has 1 saturated heterocycles. The second-order valence-electron chi connectivity index (χ2n) is 5.95. The van der Waals surface area contributed by atoms with Crippen LogP contribution in [-0.4, -0.2) is 36.3 Å². The van der Waals surface area contributed by atoms with Crippen molar-refractivity contribution in [2.24, 2.45) is 0 Å². The number of benzene rings is 1. The fraction of sp³-hybridized carbons (Fsp3) is 0.238. The molecule has 0 radical (unpaired) electrons. The maximum absolute atomic E-state index is 5.42. The molecule has 2 aromatic heterocycles. The molecule has 0 saturated carbocycles. The number of rotatable bonds is 2. The molecule has 0 unspecified atom stereocenters. The van der Waals surface area contributed by atoms with Crippen LogP contribution >= 0.6 is 0 Å². The van der Waals surface area contributed by atoms with Crippen molar-refractivity contribution in [3.05, 3.63) is 54.4 Å². The summed E-state index contributed by atoms with van der Waals surface area (Å²) >= 11 is 0. The van der Waals surface area contributed by atoms with Gasteiger partial charge in [0.1, 0.15) is 5.69 Å². The Morgan fingerprint density at radius 2 is 1.88 bits per heavy atom. The zero-order valence-electron chi connectivity index (χ0n) is 14.2. The monoisotopic (exact) mass is 329 g/mol. The highest BCUT2D eigenvalue weighted by Gasteiger charge is 2.12. The van der Waals surface area contributed by atoms with Crippen molar-refractivity contribution in [2.45, 2.75) is 6.92 Å². The van der Waals surface area contributed by atoms with E-state index in [-0.39, 0.29) is 0 Å². The number of morpholine rings is 1. The fourth-order valence-corrected chi connectivity index (χ4v) is 3.10. The van der Waals surface area contributed by atoms with E-state index in [1.807, 2.05) is 25.1 Å². The van der Waals surface area contributed by atoms with E-state index in [1.54, 1.807) is 6.20 Å². The smallest absolute Gasteiger partial charge is 0.123 e. The third kappa shape index (κ3) is 3.19.